The van der Waals surface area contributed by atoms with Crippen LogP contribution in [0.1, 0.15) is 43.2 Å². The topological polar surface area (TPSA) is 142 Å². The molecule has 0 saturated carbocycles. The summed E-state index contributed by atoms with van der Waals surface area (Å²) in [6.45, 7) is 4.11. The molecule has 0 atom stereocenters. The van der Waals surface area contributed by atoms with E-state index >= 15 is 0 Å². The highest BCUT2D eigenvalue weighted by Gasteiger charge is 2.41. The van der Waals surface area contributed by atoms with E-state index in [9.17, 15) is 31.2 Å². The number of nitrogens with one attached hydrogen (secondary N) is 2. The third kappa shape index (κ3) is 6.97. The van der Waals surface area contributed by atoms with Crippen LogP contribution in [0.3, 0.4) is 0 Å². The quantitative estimate of drug-likeness (QED) is 0.420. The van der Waals surface area contributed by atoms with Crippen LogP contribution in [0.2, 0.25) is 0 Å². The lowest BCUT2D eigenvalue weighted by atomic mass is 9.80. The number of nitriles is 1. The second-order valence-electron chi connectivity index (χ2n) is 8.99. The van der Waals surface area contributed by atoms with Crippen LogP contribution in [0, 0.1) is 11.3 Å². The molecule has 2 N–H and O–H groups in total. The van der Waals surface area contributed by atoms with Crippen molar-refractivity contribution >= 4 is 33.2 Å². The lowest BCUT2D eigenvalue weighted by molar-refractivity contribution is -0.139. The molecule has 1 aromatic carbocycles. The summed E-state index contributed by atoms with van der Waals surface area (Å²) in [5.41, 5.74) is -2.85. The third-order valence-corrected chi connectivity index (χ3v) is 7.58. The van der Waals surface area contributed by atoms with Crippen molar-refractivity contribution < 1.29 is 31.2 Å². The molecule has 0 unspecified atom stereocenters. The van der Waals surface area contributed by atoms with Crippen molar-refractivity contribution in [3.63, 3.8) is 0 Å². The van der Waals surface area contributed by atoms with Crippen molar-refractivity contribution in [2.75, 3.05) is 16.4 Å². The molecule has 3 rings (SSSR count). The van der Waals surface area contributed by atoms with Gasteiger partial charge in [0.1, 0.15) is 5.82 Å². The van der Waals surface area contributed by atoms with Gasteiger partial charge in [0.2, 0.25) is 11.8 Å². The van der Waals surface area contributed by atoms with Crippen LogP contribution in [0.4, 0.5) is 24.7 Å². The highest BCUT2D eigenvalue weighted by molar-refractivity contribution is 7.91. The normalized spacial score (nSPS) is 11.9. The van der Waals surface area contributed by atoms with Gasteiger partial charge in [-0.25, -0.2) is 13.4 Å². The molecule has 0 aliphatic heterocycles. The van der Waals surface area contributed by atoms with E-state index in [4.69, 9.17) is 5.26 Å². The Morgan fingerprint density at radius 3 is 2.31 bits per heavy atom. The minimum absolute atomic E-state index is 0.000216. The molecular weight excluding hydrogens is 535 g/mol. The van der Waals surface area contributed by atoms with Crippen molar-refractivity contribution in [3.8, 4) is 6.07 Å². The Hall–Kier alpha value is -4.31. The number of carbonyl (C=O) groups excluding carboxylic acids is 2. The van der Waals surface area contributed by atoms with Gasteiger partial charge in [0, 0.05) is 23.8 Å². The molecule has 2 aromatic heterocycles. The summed E-state index contributed by atoms with van der Waals surface area (Å²) in [5, 5.41) is 13.8. The molecule has 9 nitrogen and oxygen atoms in total. The molecular formula is C26H24F3N5O4S. The van der Waals surface area contributed by atoms with E-state index in [-0.39, 0.29) is 45.4 Å². The van der Waals surface area contributed by atoms with Crippen LogP contribution in [0.5, 0.6) is 0 Å². The van der Waals surface area contributed by atoms with E-state index in [0.29, 0.717) is 0 Å². The monoisotopic (exact) mass is 559 g/mol. The maximum atomic E-state index is 14.0. The fourth-order valence-electron chi connectivity index (χ4n) is 3.60. The van der Waals surface area contributed by atoms with Crippen LogP contribution in [0.15, 0.2) is 59.8 Å². The van der Waals surface area contributed by atoms with Gasteiger partial charge in [-0.3, -0.25) is 14.6 Å². The number of halogens is 3. The number of amides is 2. The molecule has 0 aliphatic rings. The molecule has 0 fully saturated rings. The first-order valence-corrected chi connectivity index (χ1v) is 13.2. The summed E-state index contributed by atoms with van der Waals surface area (Å²) >= 11 is 0. The zero-order chi connectivity index (χ0) is 29.0. The van der Waals surface area contributed by atoms with Gasteiger partial charge in [-0.1, -0.05) is 13.0 Å². The number of nitrogens with zero attached hydrogens (tertiary/aromatic N) is 3. The number of carbonyl (C=O) groups is 2. The van der Waals surface area contributed by atoms with E-state index in [0.717, 1.165) is 18.3 Å². The molecule has 3 aromatic rings. The summed E-state index contributed by atoms with van der Waals surface area (Å²) in [6.07, 6.45) is -2.75. The van der Waals surface area contributed by atoms with Gasteiger partial charge < -0.3 is 10.6 Å². The van der Waals surface area contributed by atoms with Crippen LogP contribution < -0.4 is 10.6 Å². The van der Waals surface area contributed by atoms with E-state index in [1.54, 1.807) is 0 Å². The largest absolute Gasteiger partial charge is 0.416 e. The van der Waals surface area contributed by atoms with Gasteiger partial charge >= 0.3 is 6.18 Å². The van der Waals surface area contributed by atoms with Gasteiger partial charge in [0.25, 0.3) is 0 Å². The number of pyridine rings is 2. The second kappa shape index (κ2) is 11.2. The highest BCUT2D eigenvalue weighted by Crippen LogP contribution is 2.39. The SMILES string of the molecule is CCS(=O)(=O)c1ccc(CC(=O)Nc2ccc(C(C)(C)C(=O)Nc3cc(C#N)ccn3)c(C(F)(F)F)c2)nc1. The summed E-state index contributed by atoms with van der Waals surface area (Å²) in [5.74, 6) is -1.56. The molecule has 2 amide bonds. The van der Waals surface area contributed by atoms with Crippen LogP contribution in [-0.4, -0.2) is 36.0 Å². The number of aromatic nitrogens is 2. The maximum absolute atomic E-state index is 14.0. The Morgan fingerprint density at radius 2 is 1.72 bits per heavy atom. The minimum Gasteiger partial charge on any atom is -0.326 e. The average molecular weight is 560 g/mol. The minimum atomic E-state index is -4.85. The number of rotatable bonds is 8. The molecule has 2 heterocycles. The Balaban J connectivity index is 1.82. The van der Waals surface area contributed by atoms with Crippen molar-refractivity contribution in [3.05, 3.63) is 77.2 Å². The van der Waals surface area contributed by atoms with Gasteiger partial charge in [0.05, 0.1) is 39.7 Å². The van der Waals surface area contributed by atoms with Crippen molar-refractivity contribution in [2.45, 2.75) is 43.7 Å². The van der Waals surface area contributed by atoms with Crippen LogP contribution in [0.25, 0.3) is 0 Å². The average Bonchev–Trinajstić information content (AvgIpc) is 2.88. The Kier molecular flexibility index (Phi) is 8.40. The predicted molar refractivity (Wildman–Crippen MR) is 136 cm³/mol. The molecule has 13 heteroatoms. The molecule has 0 spiro atoms. The first kappa shape index (κ1) is 29.2. The lowest BCUT2D eigenvalue weighted by Crippen LogP contribution is -2.37. The summed E-state index contributed by atoms with van der Waals surface area (Å²) in [4.78, 5) is 33.3. The van der Waals surface area contributed by atoms with Crippen LogP contribution in [-0.2, 0) is 37.4 Å². The predicted octanol–water partition coefficient (Wildman–Crippen LogP) is 4.26. The third-order valence-electron chi connectivity index (χ3n) is 5.86. The maximum Gasteiger partial charge on any atom is 0.416 e. The summed E-state index contributed by atoms with van der Waals surface area (Å²) < 4.78 is 65.9. The smallest absolute Gasteiger partial charge is 0.326 e. The molecule has 0 radical (unpaired) electrons. The number of anilines is 2. The van der Waals surface area contributed by atoms with E-state index in [1.807, 2.05) is 6.07 Å². The van der Waals surface area contributed by atoms with Crippen LogP contribution >= 0.6 is 0 Å². The van der Waals surface area contributed by atoms with Gasteiger partial charge in [-0.2, -0.15) is 18.4 Å². The number of benzene rings is 1. The van der Waals surface area contributed by atoms with Gasteiger partial charge in [0.15, 0.2) is 9.84 Å². The second-order valence-corrected chi connectivity index (χ2v) is 11.3. The van der Waals surface area contributed by atoms with E-state index < -0.39 is 38.8 Å². The van der Waals surface area contributed by atoms with Crippen molar-refractivity contribution in [1.29, 1.82) is 5.26 Å². The molecule has 39 heavy (non-hydrogen) atoms. The standard InChI is InChI=1S/C26H24F3N5O4S/c1-4-39(37,38)19-7-5-17(32-15-19)13-23(35)33-18-6-8-20(21(12-18)26(27,28)29)25(2,3)24(36)34-22-11-16(14-30)9-10-31-22/h5-12,15H,4,13H2,1-3H3,(H,33,35)(H,31,34,36). The molecule has 0 bridgehead atoms. The molecule has 0 saturated heterocycles. The van der Waals surface area contributed by atoms with Gasteiger partial charge in [-0.05, 0) is 55.8 Å². The van der Waals surface area contributed by atoms with Gasteiger partial charge in [-0.15, -0.1) is 0 Å². The van der Waals surface area contributed by atoms with E-state index in [1.165, 1.54) is 57.3 Å². The highest BCUT2D eigenvalue weighted by atomic mass is 32.2. The molecule has 0 aliphatic carbocycles. The van der Waals surface area contributed by atoms with Crippen molar-refractivity contribution in [1.82, 2.24) is 9.97 Å². The number of hydrogen-bond donors (Lipinski definition) is 2. The first-order valence-electron chi connectivity index (χ1n) is 11.5. The molecule has 204 valence electrons. The Labute approximate surface area is 223 Å². The Bertz CT molecular complexity index is 1550. The number of hydrogen-bond acceptors (Lipinski definition) is 7. The van der Waals surface area contributed by atoms with E-state index in [2.05, 4.69) is 20.6 Å². The fourth-order valence-corrected chi connectivity index (χ4v) is 4.42. The summed E-state index contributed by atoms with van der Waals surface area (Å²) in [7, 11) is -3.47. The summed E-state index contributed by atoms with van der Waals surface area (Å²) in [6, 6.07) is 10.4. The zero-order valence-corrected chi connectivity index (χ0v) is 21.9. The number of alkyl halides is 3. The zero-order valence-electron chi connectivity index (χ0n) is 21.1. The lowest BCUT2D eigenvalue weighted by Gasteiger charge is -2.28. The first-order chi connectivity index (χ1) is 18.2. The van der Waals surface area contributed by atoms with Crippen molar-refractivity contribution in [2.24, 2.45) is 0 Å². The Morgan fingerprint density at radius 1 is 1.00 bits per heavy atom. The number of sulfone groups is 1. The fraction of sp³-hybridized carbons (Fsp3) is 0.269.